The first-order valence-corrected chi connectivity index (χ1v) is 3.95. The number of carbonyl (C=O) groups excluding carboxylic acids is 2. The van der Waals surface area contributed by atoms with Crippen LogP contribution in [0.1, 0.15) is 6.92 Å². The number of carbonyl (C=O) groups is 3. The molecule has 16 heavy (non-hydrogen) atoms. The molecule has 1 atom stereocenters. The average molecular weight is 239 g/mol. The van der Waals surface area contributed by atoms with Crippen molar-refractivity contribution in [3.05, 3.63) is 0 Å². The minimum Gasteiger partial charge on any atom is -0.480 e. The molecule has 2 amide bonds. The first-order valence-electron chi connectivity index (χ1n) is 3.95. The summed E-state index contributed by atoms with van der Waals surface area (Å²) in [6.45, 7) is 0.741. The van der Waals surface area contributed by atoms with Crippen molar-refractivity contribution in [2.45, 2.75) is 13.0 Å². The van der Waals surface area contributed by atoms with Gasteiger partial charge < -0.3 is 32.4 Å². The second-order valence-corrected chi connectivity index (χ2v) is 2.68. The summed E-state index contributed by atoms with van der Waals surface area (Å²) < 4.78 is 0. The number of carboxylic acid groups (broad SMARTS) is 1. The SMILES string of the molecule is CC(N)C(=O)NCC(=O)NCC(=O)O.O.O. The molecular formula is C7H17N3O6. The highest BCUT2D eigenvalue weighted by Gasteiger charge is 2.09. The average Bonchev–Trinajstić information content (AvgIpc) is 2.10. The minimum atomic E-state index is -1.14. The first kappa shape index (κ1) is 19.8. The van der Waals surface area contributed by atoms with Crippen LogP contribution in [0.5, 0.6) is 0 Å². The topological polar surface area (TPSA) is 185 Å². The van der Waals surface area contributed by atoms with Crippen molar-refractivity contribution in [3.8, 4) is 0 Å². The van der Waals surface area contributed by atoms with Crippen molar-refractivity contribution in [1.82, 2.24) is 10.6 Å². The molecule has 0 aromatic rings. The zero-order chi connectivity index (χ0) is 11.1. The maximum atomic E-state index is 10.9. The van der Waals surface area contributed by atoms with Gasteiger partial charge in [-0.2, -0.15) is 0 Å². The standard InChI is InChI=1S/C7H13N3O4.2H2O/c1-4(8)7(14)10-2-5(11)9-3-6(12)13;;/h4H,2-3,8H2,1H3,(H,9,11)(H,10,14)(H,12,13);2*1H2. The summed E-state index contributed by atoms with van der Waals surface area (Å²) in [5.74, 6) is -2.17. The summed E-state index contributed by atoms with van der Waals surface area (Å²) >= 11 is 0. The molecule has 0 heterocycles. The van der Waals surface area contributed by atoms with E-state index in [1.165, 1.54) is 6.92 Å². The van der Waals surface area contributed by atoms with Gasteiger partial charge in [-0.05, 0) is 6.92 Å². The molecule has 0 fully saturated rings. The molecule has 96 valence electrons. The van der Waals surface area contributed by atoms with Gasteiger partial charge in [-0.1, -0.05) is 0 Å². The van der Waals surface area contributed by atoms with E-state index in [2.05, 4.69) is 10.6 Å². The molecule has 0 aromatic heterocycles. The summed E-state index contributed by atoms with van der Waals surface area (Å²) in [6.07, 6.45) is 0. The lowest BCUT2D eigenvalue weighted by molar-refractivity contribution is -0.137. The highest BCUT2D eigenvalue weighted by molar-refractivity contribution is 5.88. The van der Waals surface area contributed by atoms with E-state index < -0.39 is 30.4 Å². The fraction of sp³-hybridized carbons (Fsp3) is 0.571. The van der Waals surface area contributed by atoms with E-state index in [1.54, 1.807) is 0 Å². The zero-order valence-corrected chi connectivity index (χ0v) is 8.74. The van der Waals surface area contributed by atoms with E-state index in [9.17, 15) is 14.4 Å². The van der Waals surface area contributed by atoms with Gasteiger partial charge in [-0.3, -0.25) is 14.4 Å². The summed E-state index contributed by atoms with van der Waals surface area (Å²) in [5, 5.41) is 12.5. The minimum absolute atomic E-state index is 0. The number of nitrogens with one attached hydrogen (secondary N) is 2. The Hall–Kier alpha value is -1.71. The van der Waals surface area contributed by atoms with Crippen molar-refractivity contribution in [3.63, 3.8) is 0 Å². The van der Waals surface area contributed by atoms with Crippen LogP contribution >= 0.6 is 0 Å². The Bertz CT molecular complexity index is 242. The van der Waals surface area contributed by atoms with Crippen LogP contribution in [0.25, 0.3) is 0 Å². The van der Waals surface area contributed by atoms with Crippen LogP contribution < -0.4 is 16.4 Å². The Kier molecular flexibility index (Phi) is 12.2. The van der Waals surface area contributed by atoms with E-state index in [-0.39, 0.29) is 17.5 Å². The predicted octanol–water partition coefficient (Wildman–Crippen LogP) is -4.00. The van der Waals surface area contributed by atoms with E-state index in [0.29, 0.717) is 0 Å². The van der Waals surface area contributed by atoms with Crippen LogP contribution in [0.15, 0.2) is 0 Å². The Morgan fingerprint density at radius 2 is 1.69 bits per heavy atom. The number of nitrogens with two attached hydrogens (primary N) is 1. The Morgan fingerprint density at radius 1 is 1.19 bits per heavy atom. The first-order chi connectivity index (χ1) is 6.43. The molecule has 1 unspecified atom stereocenters. The summed E-state index contributed by atoms with van der Waals surface area (Å²) in [6, 6.07) is -0.692. The molecule has 0 rings (SSSR count). The molecule has 9 N–H and O–H groups in total. The van der Waals surface area contributed by atoms with E-state index in [4.69, 9.17) is 10.8 Å². The molecule has 9 nitrogen and oxygen atoms in total. The molecule has 0 aromatic carbocycles. The van der Waals surface area contributed by atoms with Gasteiger partial charge in [0.2, 0.25) is 11.8 Å². The second-order valence-electron chi connectivity index (χ2n) is 2.68. The van der Waals surface area contributed by atoms with E-state index >= 15 is 0 Å². The maximum Gasteiger partial charge on any atom is 0.322 e. The second kappa shape index (κ2) is 9.83. The molecule has 9 heteroatoms. The van der Waals surface area contributed by atoms with Crippen LogP contribution in [0.4, 0.5) is 0 Å². The summed E-state index contributed by atoms with van der Waals surface area (Å²) in [7, 11) is 0. The fourth-order valence-electron chi connectivity index (χ4n) is 0.565. The molecule has 0 bridgehead atoms. The Balaban J connectivity index is -0.000000845. The molecule has 0 saturated carbocycles. The summed E-state index contributed by atoms with van der Waals surface area (Å²) in [5.41, 5.74) is 5.21. The Labute approximate surface area is 91.6 Å². The zero-order valence-electron chi connectivity index (χ0n) is 8.74. The number of amides is 2. The smallest absolute Gasteiger partial charge is 0.322 e. The van der Waals surface area contributed by atoms with Crippen molar-refractivity contribution >= 4 is 17.8 Å². The molecular weight excluding hydrogens is 222 g/mol. The van der Waals surface area contributed by atoms with Gasteiger partial charge in [0.05, 0.1) is 12.6 Å². The van der Waals surface area contributed by atoms with Crippen LogP contribution in [-0.4, -0.2) is 53.0 Å². The number of aliphatic carboxylic acids is 1. The van der Waals surface area contributed by atoms with Gasteiger partial charge in [0.25, 0.3) is 0 Å². The lowest BCUT2D eigenvalue weighted by Crippen LogP contribution is -2.44. The van der Waals surface area contributed by atoms with Gasteiger partial charge in [-0.25, -0.2) is 0 Å². The third-order valence-corrected chi connectivity index (χ3v) is 1.27. The van der Waals surface area contributed by atoms with Crippen molar-refractivity contribution in [2.24, 2.45) is 5.73 Å². The van der Waals surface area contributed by atoms with Crippen LogP contribution in [0, 0.1) is 0 Å². The maximum absolute atomic E-state index is 10.9. The van der Waals surface area contributed by atoms with Crippen molar-refractivity contribution < 1.29 is 30.4 Å². The highest BCUT2D eigenvalue weighted by atomic mass is 16.4. The number of rotatable bonds is 5. The normalized spacial score (nSPS) is 10.1. The van der Waals surface area contributed by atoms with Crippen molar-refractivity contribution in [2.75, 3.05) is 13.1 Å². The number of hydrogen-bond donors (Lipinski definition) is 4. The summed E-state index contributed by atoms with van der Waals surface area (Å²) in [4.78, 5) is 31.7. The largest absolute Gasteiger partial charge is 0.480 e. The number of hydrogen-bond acceptors (Lipinski definition) is 4. The highest BCUT2D eigenvalue weighted by Crippen LogP contribution is 1.74. The van der Waals surface area contributed by atoms with Gasteiger partial charge in [-0.15, -0.1) is 0 Å². The fourth-order valence-corrected chi connectivity index (χ4v) is 0.565. The Morgan fingerprint density at radius 3 is 2.06 bits per heavy atom. The molecule has 0 radical (unpaired) electrons. The molecule has 0 aliphatic rings. The molecule has 0 spiro atoms. The van der Waals surface area contributed by atoms with Gasteiger partial charge in [0.15, 0.2) is 0 Å². The van der Waals surface area contributed by atoms with Crippen LogP contribution in [-0.2, 0) is 14.4 Å². The van der Waals surface area contributed by atoms with Gasteiger partial charge >= 0.3 is 5.97 Å². The van der Waals surface area contributed by atoms with Crippen molar-refractivity contribution in [1.29, 1.82) is 0 Å². The third-order valence-electron chi connectivity index (χ3n) is 1.27. The molecule has 0 aliphatic carbocycles. The van der Waals surface area contributed by atoms with E-state index in [1.807, 2.05) is 0 Å². The van der Waals surface area contributed by atoms with E-state index in [0.717, 1.165) is 0 Å². The third kappa shape index (κ3) is 10.4. The lowest BCUT2D eigenvalue weighted by Gasteiger charge is -2.06. The van der Waals surface area contributed by atoms with Gasteiger partial charge in [0, 0.05) is 0 Å². The molecule has 0 aliphatic heterocycles. The predicted molar refractivity (Wildman–Crippen MR) is 54.5 cm³/mol. The quantitative estimate of drug-likeness (QED) is 0.380. The van der Waals surface area contributed by atoms with Gasteiger partial charge in [0.1, 0.15) is 6.54 Å². The molecule has 0 saturated heterocycles. The monoisotopic (exact) mass is 239 g/mol. The number of carboxylic acids is 1. The van der Waals surface area contributed by atoms with Crippen LogP contribution in [0.2, 0.25) is 0 Å². The van der Waals surface area contributed by atoms with Crippen LogP contribution in [0.3, 0.4) is 0 Å². The lowest BCUT2D eigenvalue weighted by atomic mass is 10.3.